The highest BCUT2D eigenvalue weighted by Gasteiger charge is 2.59. The zero-order valence-corrected chi connectivity index (χ0v) is 32.3. The van der Waals surface area contributed by atoms with Gasteiger partial charge in [-0.3, -0.25) is 4.79 Å². The number of thiophene rings is 1. The molecule has 8 heteroatoms. The van der Waals surface area contributed by atoms with Gasteiger partial charge in [0.25, 0.3) is 10.0 Å². The lowest BCUT2D eigenvalue weighted by molar-refractivity contribution is -0.114. The first-order valence-electron chi connectivity index (χ1n) is 19.1. The van der Waals surface area contributed by atoms with Crippen LogP contribution in [0, 0.1) is 28.6 Å². The molecule has 6 aliphatic rings. The van der Waals surface area contributed by atoms with Gasteiger partial charge in [0.05, 0.1) is 11.7 Å². The number of ketones is 1. The number of fused-ring (bicyclic) bond motifs is 10. The van der Waals surface area contributed by atoms with Gasteiger partial charge in [-0.2, -0.15) is 4.31 Å². The van der Waals surface area contributed by atoms with Crippen molar-refractivity contribution in [2.45, 2.75) is 114 Å². The van der Waals surface area contributed by atoms with Crippen LogP contribution in [0.15, 0.2) is 81.9 Å². The van der Waals surface area contributed by atoms with E-state index < -0.39 is 27.1 Å². The Morgan fingerprint density at radius 3 is 2.47 bits per heavy atom. The highest BCUT2D eigenvalue weighted by atomic mass is 32.2. The van der Waals surface area contributed by atoms with Crippen molar-refractivity contribution in [1.82, 2.24) is 4.31 Å². The molecule has 0 saturated heterocycles. The van der Waals surface area contributed by atoms with Gasteiger partial charge >= 0.3 is 0 Å². The van der Waals surface area contributed by atoms with Gasteiger partial charge in [0, 0.05) is 29.6 Å². The monoisotopic (exact) mass is 729 g/mol. The van der Waals surface area contributed by atoms with Crippen molar-refractivity contribution in [1.29, 1.82) is 0 Å². The Morgan fingerprint density at radius 2 is 1.76 bits per heavy atom. The van der Waals surface area contributed by atoms with E-state index in [0.717, 1.165) is 43.2 Å². The van der Waals surface area contributed by atoms with E-state index in [2.05, 4.69) is 39.8 Å². The molecule has 6 nitrogen and oxygen atoms in total. The van der Waals surface area contributed by atoms with Gasteiger partial charge in [0.2, 0.25) is 0 Å². The number of nitrogens with zero attached hydrogens (tertiary/aromatic N) is 1. The quantitative estimate of drug-likeness (QED) is 0.179. The molecule has 9 rings (SSSR count). The molecule has 3 aromatic rings. The van der Waals surface area contributed by atoms with E-state index in [1.807, 2.05) is 47.8 Å². The van der Waals surface area contributed by atoms with Crippen LogP contribution in [0.3, 0.4) is 0 Å². The number of sulfonamides is 1. The van der Waals surface area contributed by atoms with Gasteiger partial charge in [-0.05, 0) is 129 Å². The topological polar surface area (TPSA) is 94.9 Å². The van der Waals surface area contributed by atoms with Crippen molar-refractivity contribution in [3.63, 3.8) is 0 Å². The maximum Gasteiger partial charge on any atom is 0.252 e. The SMILES string of the molecule is CC1=CCCC2(C)C(CCC2(O)CN(CC2CCC3CC2C3(C)C)S(=O)(=O)c2cccs2)c2ccc(cc2C(=O)c2ccccc2)CC(O)CC1. The molecule has 1 aromatic heterocycles. The van der Waals surface area contributed by atoms with Crippen LogP contribution in [0.4, 0.5) is 0 Å². The highest BCUT2D eigenvalue weighted by molar-refractivity contribution is 7.91. The molecule has 2 aromatic carbocycles. The molecule has 6 aliphatic carbocycles. The van der Waals surface area contributed by atoms with E-state index in [1.54, 1.807) is 16.4 Å². The lowest BCUT2D eigenvalue weighted by Gasteiger charge is -2.60. The summed E-state index contributed by atoms with van der Waals surface area (Å²) >= 11 is 1.24. The largest absolute Gasteiger partial charge is 0.393 e. The fourth-order valence-electron chi connectivity index (χ4n) is 10.5. The van der Waals surface area contributed by atoms with Gasteiger partial charge in [-0.1, -0.05) is 81.0 Å². The molecular weight excluding hydrogens is 675 g/mol. The van der Waals surface area contributed by atoms with Crippen LogP contribution in [-0.4, -0.2) is 53.5 Å². The zero-order valence-electron chi connectivity index (χ0n) is 30.7. The van der Waals surface area contributed by atoms with E-state index in [-0.39, 0.29) is 29.6 Å². The second-order valence-corrected chi connectivity index (χ2v) is 20.2. The molecule has 0 spiro atoms. The third kappa shape index (κ3) is 6.73. The Labute approximate surface area is 309 Å². The lowest BCUT2D eigenvalue weighted by Crippen LogP contribution is -2.58. The van der Waals surface area contributed by atoms with Gasteiger partial charge < -0.3 is 10.2 Å². The predicted molar refractivity (Wildman–Crippen MR) is 204 cm³/mol. The highest BCUT2D eigenvalue weighted by Crippen LogP contribution is 2.62. The molecule has 4 saturated carbocycles. The van der Waals surface area contributed by atoms with Crippen LogP contribution in [0.2, 0.25) is 0 Å². The number of carbonyl (C=O) groups excluding carboxylic acids is 1. The van der Waals surface area contributed by atoms with Crippen LogP contribution in [0.25, 0.3) is 0 Å². The molecule has 7 atom stereocenters. The predicted octanol–water partition coefficient (Wildman–Crippen LogP) is 8.78. The third-order valence-corrected chi connectivity index (χ3v) is 17.1. The smallest absolute Gasteiger partial charge is 0.252 e. The summed E-state index contributed by atoms with van der Waals surface area (Å²) < 4.78 is 31.1. The first-order valence-corrected chi connectivity index (χ1v) is 21.4. The summed E-state index contributed by atoms with van der Waals surface area (Å²) in [5, 5.41) is 25.9. The van der Waals surface area contributed by atoms with Crippen LogP contribution in [0.5, 0.6) is 0 Å². The Bertz CT molecular complexity index is 1870. The summed E-state index contributed by atoms with van der Waals surface area (Å²) in [6.45, 7) is 9.38. The van der Waals surface area contributed by atoms with Gasteiger partial charge in [0.15, 0.2) is 5.78 Å². The number of benzene rings is 2. The van der Waals surface area contributed by atoms with Gasteiger partial charge in [-0.25, -0.2) is 8.42 Å². The number of hydrogen-bond acceptors (Lipinski definition) is 6. The van der Waals surface area contributed by atoms with Crippen molar-refractivity contribution in [2.75, 3.05) is 13.1 Å². The molecule has 0 radical (unpaired) electrons. The Morgan fingerprint density at radius 1 is 0.980 bits per heavy atom. The van der Waals surface area contributed by atoms with Crippen molar-refractivity contribution in [3.8, 4) is 0 Å². The van der Waals surface area contributed by atoms with Gasteiger partial charge in [0.1, 0.15) is 4.21 Å². The second kappa shape index (κ2) is 14.0. The summed E-state index contributed by atoms with van der Waals surface area (Å²) in [7, 11) is -3.86. The average Bonchev–Trinajstić information content (AvgIpc) is 3.75. The summed E-state index contributed by atoms with van der Waals surface area (Å²) in [6, 6.07) is 18.9. The Hall–Kier alpha value is -2.62. The van der Waals surface area contributed by atoms with E-state index in [9.17, 15) is 23.4 Å². The van der Waals surface area contributed by atoms with E-state index >= 15 is 0 Å². The van der Waals surface area contributed by atoms with E-state index in [4.69, 9.17) is 0 Å². The minimum atomic E-state index is -3.86. The molecule has 0 aliphatic heterocycles. The summed E-state index contributed by atoms with van der Waals surface area (Å²) in [4.78, 5) is 14.3. The average molecular weight is 730 g/mol. The molecule has 0 amide bonds. The number of carbonyl (C=O) groups is 1. The van der Waals surface area contributed by atoms with Crippen molar-refractivity contribution >= 4 is 27.1 Å². The maximum atomic E-state index is 14.5. The third-order valence-electron chi connectivity index (χ3n) is 13.9. The first kappa shape index (κ1) is 36.7. The Balaban J connectivity index is 1.30. The fraction of sp³-hybridized carbons (Fsp3) is 0.558. The van der Waals surface area contributed by atoms with E-state index in [0.29, 0.717) is 65.8 Å². The lowest BCUT2D eigenvalue weighted by atomic mass is 9.45. The molecule has 4 bridgehead atoms. The van der Waals surface area contributed by atoms with Crippen LogP contribution in [-0.2, 0) is 16.4 Å². The molecular formula is C43H55NO5S2. The van der Waals surface area contributed by atoms with Gasteiger partial charge in [-0.15, -0.1) is 11.3 Å². The van der Waals surface area contributed by atoms with Crippen molar-refractivity contribution in [3.05, 3.63) is 99.9 Å². The normalized spacial score (nSPS) is 32.1. The second-order valence-electron chi connectivity index (χ2n) is 17.1. The number of hydrogen-bond donors (Lipinski definition) is 2. The zero-order chi connectivity index (χ0) is 36.2. The van der Waals surface area contributed by atoms with Crippen molar-refractivity contribution < 1.29 is 23.4 Å². The summed E-state index contributed by atoms with van der Waals surface area (Å²) in [6.07, 6.45) is 9.32. The number of aliphatic hydroxyl groups is 2. The minimum absolute atomic E-state index is 0.0300. The maximum absolute atomic E-state index is 14.5. The number of rotatable bonds is 8. The van der Waals surface area contributed by atoms with Crippen molar-refractivity contribution in [2.24, 2.45) is 28.6 Å². The molecule has 7 unspecified atom stereocenters. The van der Waals surface area contributed by atoms with Crippen LogP contribution < -0.4 is 0 Å². The van der Waals surface area contributed by atoms with Crippen LogP contribution in [0.1, 0.15) is 118 Å². The molecule has 1 heterocycles. The minimum Gasteiger partial charge on any atom is -0.393 e. The number of aliphatic hydroxyl groups excluding tert-OH is 1. The van der Waals surface area contributed by atoms with E-state index in [1.165, 1.54) is 16.9 Å². The summed E-state index contributed by atoms with van der Waals surface area (Å²) in [5.41, 5.74) is 2.41. The molecule has 4 fully saturated rings. The standard InChI is InChI=1S/C43H55NO5S2/c1-29-10-8-21-42(4)37(35-19-15-30(24-34(45)18-14-29)25-36(35)40(46)31-11-6-5-7-12-31)20-22-43(42,47)28-44(51(48,49)39-13-9-23-50-39)27-32-16-17-33-26-38(32)41(33,2)3/h5-7,9-13,15,19,23,25,32-34,37-38,45,47H,8,14,16-18,20-22,24,26-28H2,1-4H3. The molecule has 2 N–H and O–H groups in total. The molecule has 51 heavy (non-hydrogen) atoms. The molecule has 274 valence electrons. The fourth-order valence-corrected chi connectivity index (χ4v) is 13.2. The number of allylic oxidation sites excluding steroid dienone is 2. The Kier molecular flexibility index (Phi) is 10.1. The first-order chi connectivity index (χ1) is 24.2. The van der Waals surface area contributed by atoms with Crippen LogP contribution >= 0.6 is 11.3 Å². The summed E-state index contributed by atoms with van der Waals surface area (Å²) in [5.74, 6) is 1.20.